The molecular weight excluding hydrogens is 462 g/mol. The summed E-state index contributed by atoms with van der Waals surface area (Å²) in [5, 5.41) is 12.2. The Kier molecular flexibility index (Phi) is 5.69. The Bertz CT molecular complexity index is 1330. The minimum absolute atomic E-state index is 0.0154. The van der Waals surface area contributed by atoms with Crippen LogP contribution in [0.5, 0.6) is 0 Å². The predicted molar refractivity (Wildman–Crippen MR) is 131 cm³/mol. The van der Waals surface area contributed by atoms with E-state index in [0.717, 1.165) is 40.8 Å². The minimum atomic E-state index is -0.622. The third-order valence-corrected chi connectivity index (χ3v) is 7.55. The van der Waals surface area contributed by atoms with Gasteiger partial charge in [0.05, 0.1) is 30.7 Å². The van der Waals surface area contributed by atoms with Crippen molar-refractivity contribution in [3.63, 3.8) is 0 Å². The number of hydrogen-bond donors (Lipinski definition) is 1. The number of amides is 2. The van der Waals surface area contributed by atoms with Gasteiger partial charge in [-0.15, -0.1) is 0 Å². The van der Waals surface area contributed by atoms with E-state index in [2.05, 4.69) is 9.88 Å². The zero-order valence-corrected chi connectivity index (χ0v) is 19.8. The van der Waals surface area contributed by atoms with Gasteiger partial charge < -0.3 is 19.5 Å². The number of rotatable bonds is 5. The largest absolute Gasteiger partial charge is 0.379 e. The van der Waals surface area contributed by atoms with Gasteiger partial charge in [-0.05, 0) is 29.3 Å². The number of aromatic nitrogens is 1. The molecule has 0 aliphatic carbocycles. The Labute approximate surface area is 207 Å². The van der Waals surface area contributed by atoms with Gasteiger partial charge in [-0.2, -0.15) is 0 Å². The molecule has 2 aromatic carbocycles. The first-order valence-electron chi connectivity index (χ1n) is 12.2. The third kappa shape index (κ3) is 3.82. The van der Waals surface area contributed by atoms with Crippen LogP contribution in [0.25, 0.3) is 10.9 Å². The molecule has 1 N–H and O–H groups in total. The molecule has 0 radical (unpaired) electrons. The highest BCUT2D eigenvalue weighted by molar-refractivity contribution is 5.97. The van der Waals surface area contributed by atoms with Crippen molar-refractivity contribution in [3.05, 3.63) is 75.5 Å². The summed E-state index contributed by atoms with van der Waals surface area (Å²) in [6.45, 7) is 4.25. The number of H-pyrrole nitrogens is 1. The maximum Gasteiger partial charge on any atom is 0.269 e. The number of morpholine rings is 1. The average molecular weight is 490 g/mol. The molecular formula is C26H27N5O5. The smallest absolute Gasteiger partial charge is 0.269 e. The number of nitro benzene ring substituents is 1. The summed E-state index contributed by atoms with van der Waals surface area (Å²) in [4.78, 5) is 47.2. The van der Waals surface area contributed by atoms with Gasteiger partial charge in [0, 0.05) is 61.3 Å². The third-order valence-electron chi connectivity index (χ3n) is 7.55. The maximum absolute atomic E-state index is 13.8. The molecule has 2 amide bonds. The Morgan fingerprint density at radius 3 is 2.53 bits per heavy atom. The van der Waals surface area contributed by atoms with Crippen LogP contribution in [0.1, 0.15) is 22.9 Å². The lowest BCUT2D eigenvalue weighted by atomic mass is 9.86. The van der Waals surface area contributed by atoms with E-state index in [1.807, 2.05) is 24.3 Å². The van der Waals surface area contributed by atoms with Crippen LogP contribution >= 0.6 is 0 Å². The first-order chi connectivity index (χ1) is 17.5. The summed E-state index contributed by atoms with van der Waals surface area (Å²) in [5.41, 5.74) is 3.55. The van der Waals surface area contributed by atoms with Gasteiger partial charge in [-0.25, -0.2) is 0 Å². The molecule has 4 heterocycles. The highest BCUT2D eigenvalue weighted by Gasteiger charge is 2.48. The molecule has 3 aromatic rings. The van der Waals surface area contributed by atoms with Gasteiger partial charge in [-0.1, -0.05) is 18.2 Å². The molecule has 0 unspecified atom stereocenters. The van der Waals surface area contributed by atoms with Crippen LogP contribution in [0, 0.1) is 10.1 Å². The van der Waals surface area contributed by atoms with Crippen molar-refractivity contribution in [1.29, 1.82) is 0 Å². The second-order valence-electron chi connectivity index (χ2n) is 9.55. The SMILES string of the molecule is O=C1[C@@H]2Cc3c([nH]c4ccccc34)[C@H](c3ccc([N+](=O)[O-])cc3)N2C(=O)CN1CCN1CCOCC1. The first-order valence-corrected chi connectivity index (χ1v) is 12.2. The number of ether oxygens (including phenoxy) is 1. The number of fused-ring (bicyclic) bond motifs is 4. The maximum atomic E-state index is 13.8. The van der Waals surface area contributed by atoms with Crippen LogP contribution in [0.4, 0.5) is 5.69 Å². The van der Waals surface area contributed by atoms with E-state index in [1.54, 1.807) is 21.9 Å². The zero-order valence-electron chi connectivity index (χ0n) is 19.8. The van der Waals surface area contributed by atoms with Gasteiger partial charge in [0.25, 0.3) is 5.69 Å². The van der Waals surface area contributed by atoms with Crippen LogP contribution in [0.15, 0.2) is 48.5 Å². The van der Waals surface area contributed by atoms with E-state index >= 15 is 0 Å². The number of carbonyl (C=O) groups excluding carboxylic acids is 2. The normalized spacial score (nSPS) is 22.6. The summed E-state index contributed by atoms with van der Waals surface area (Å²) >= 11 is 0. The van der Waals surface area contributed by atoms with E-state index in [4.69, 9.17) is 4.74 Å². The van der Waals surface area contributed by atoms with E-state index in [9.17, 15) is 19.7 Å². The zero-order chi connectivity index (χ0) is 24.8. The lowest BCUT2D eigenvalue weighted by Crippen LogP contribution is -2.63. The molecule has 0 spiro atoms. The molecule has 2 saturated heterocycles. The second-order valence-corrected chi connectivity index (χ2v) is 9.55. The quantitative estimate of drug-likeness (QED) is 0.434. The average Bonchev–Trinajstić information content (AvgIpc) is 3.28. The fourth-order valence-corrected chi connectivity index (χ4v) is 5.72. The summed E-state index contributed by atoms with van der Waals surface area (Å²) in [5.74, 6) is -0.167. The number of carbonyl (C=O) groups is 2. The van der Waals surface area contributed by atoms with Gasteiger partial charge in [0.2, 0.25) is 11.8 Å². The number of para-hydroxylation sites is 1. The molecule has 0 bridgehead atoms. The van der Waals surface area contributed by atoms with E-state index < -0.39 is 17.0 Å². The van der Waals surface area contributed by atoms with Crippen LogP contribution < -0.4 is 0 Å². The number of nitro groups is 1. The van der Waals surface area contributed by atoms with Crippen molar-refractivity contribution in [2.75, 3.05) is 45.9 Å². The summed E-state index contributed by atoms with van der Waals surface area (Å²) in [6, 6.07) is 13.0. The van der Waals surface area contributed by atoms with Crippen LogP contribution in [-0.2, 0) is 20.7 Å². The number of piperazine rings is 1. The van der Waals surface area contributed by atoms with E-state index in [-0.39, 0.29) is 24.0 Å². The van der Waals surface area contributed by atoms with Crippen molar-refractivity contribution in [2.24, 2.45) is 0 Å². The van der Waals surface area contributed by atoms with E-state index in [1.165, 1.54) is 12.1 Å². The Morgan fingerprint density at radius 1 is 1.03 bits per heavy atom. The molecule has 186 valence electrons. The number of nitrogens with one attached hydrogen (secondary N) is 1. The lowest BCUT2D eigenvalue weighted by Gasteiger charge is -2.47. The van der Waals surface area contributed by atoms with Crippen LogP contribution in [0.2, 0.25) is 0 Å². The van der Waals surface area contributed by atoms with Gasteiger partial charge >= 0.3 is 0 Å². The topological polar surface area (TPSA) is 112 Å². The Morgan fingerprint density at radius 2 is 1.78 bits per heavy atom. The summed E-state index contributed by atoms with van der Waals surface area (Å²) < 4.78 is 5.41. The molecule has 6 rings (SSSR count). The van der Waals surface area contributed by atoms with Crippen molar-refractivity contribution in [3.8, 4) is 0 Å². The summed E-state index contributed by atoms with van der Waals surface area (Å²) in [6.07, 6.45) is 0.432. The van der Waals surface area contributed by atoms with Crippen LogP contribution in [0.3, 0.4) is 0 Å². The van der Waals surface area contributed by atoms with Crippen molar-refractivity contribution < 1.29 is 19.2 Å². The Hall–Kier alpha value is -3.76. The number of hydrogen-bond acceptors (Lipinski definition) is 6. The van der Waals surface area contributed by atoms with Gasteiger partial charge in [-0.3, -0.25) is 24.6 Å². The summed E-state index contributed by atoms with van der Waals surface area (Å²) in [7, 11) is 0. The lowest BCUT2D eigenvalue weighted by molar-refractivity contribution is -0.384. The second kappa shape index (κ2) is 9.03. The number of benzene rings is 2. The van der Waals surface area contributed by atoms with E-state index in [0.29, 0.717) is 32.7 Å². The monoisotopic (exact) mass is 489 g/mol. The number of aromatic amines is 1. The molecule has 2 atom stereocenters. The first kappa shape index (κ1) is 22.7. The number of nitrogens with zero attached hydrogens (tertiary/aromatic N) is 4. The molecule has 3 aliphatic rings. The van der Waals surface area contributed by atoms with Crippen LogP contribution in [-0.4, -0.2) is 88.4 Å². The van der Waals surface area contributed by atoms with Gasteiger partial charge in [0.1, 0.15) is 6.04 Å². The van der Waals surface area contributed by atoms with Crippen molar-refractivity contribution >= 4 is 28.4 Å². The molecule has 1 aromatic heterocycles. The highest BCUT2D eigenvalue weighted by Crippen LogP contribution is 2.42. The minimum Gasteiger partial charge on any atom is -0.379 e. The molecule has 0 saturated carbocycles. The molecule has 3 aliphatic heterocycles. The van der Waals surface area contributed by atoms with Gasteiger partial charge in [0.15, 0.2) is 0 Å². The standard InChI is InChI=1S/C26H27N5O5/c32-23-16-29(10-9-28-11-13-36-14-12-28)26(33)22-15-20-19-3-1-2-4-21(19)27-24(20)25(30(22)23)17-5-7-18(8-6-17)31(34)35/h1-8,22,25,27H,9-16H2/t22-,25-/m0/s1. The molecule has 10 nitrogen and oxygen atoms in total. The fourth-order valence-electron chi connectivity index (χ4n) is 5.72. The molecule has 2 fully saturated rings. The fraction of sp³-hybridized carbons (Fsp3) is 0.385. The predicted octanol–water partition coefficient (Wildman–Crippen LogP) is 2.09. The molecule has 10 heteroatoms. The number of non-ortho nitro benzene ring substituents is 1. The Balaban J connectivity index is 1.37. The van der Waals surface area contributed by atoms with Crippen molar-refractivity contribution in [2.45, 2.75) is 18.5 Å². The van der Waals surface area contributed by atoms with Crippen molar-refractivity contribution in [1.82, 2.24) is 19.7 Å². The molecule has 36 heavy (non-hydrogen) atoms. The highest BCUT2D eigenvalue weighted by atomic mass is 16.6.